The van der Waals surface area contributed by atoms with Crippen molar-refractivity contribution in [1.82, 2.24) is 10.2 Å². The average molecular weight is 412 g/mol. The SMILES string of the molecule is CCOc1ccc(/C=C/C(=O)O[C@H](C)c2nnc(-c3ccc(F)cc3)o2)cc1OC. The molecule has 0 saturated carbocycles. The summed E-state index contributed by atoms with van der Waals surface area (Å²) in [5.41, 5.74) is 1.31. The number of carbonyl (C=O) groups is 1. The standard InChI is InChI=1S/C22H21FN2O5/c1-4-28-18-11-5-15(13-19(18)27-3)6-12-20(26)29-14(2)21-24-25-22(30-21)16-7-9-17(23)10-8-16/h5-14H,4H2,1-3H3/b12-6+/t14-/m1/s1. The van der Waals surface area contributed by atoms with Crippen molar-refractivity contribution in [1.29, 1.82) is 0 Å². The monoisotopic (exact) mass is 412 g/mol. The van der Waals surface area contributed by atoms with Crippen molar-refractivity contribution in [3.8, 4) is 23.0 Å². The fourth-order valence-electron chi connectivity index (χ4n) is 2.60. The lowest BCUT2D eigenvalue weighted by atomic mass is 10.2. The molecule has 30 heavy (non-hydrogen) atoms. The van der Waals surface area contributed by atoms with Crippen LogP contribution in [0.4, 0.5) is 4.39 Å². The zero-order chi connectivity index (χ0) is 21.5. The number of ether oxygens (including phenoxy) is 3. The van der Waals surface area contributed by atoms with Gasteiger partial charge in [0.25, 0.3) is 5.89 Å². The lowest BCUT2D eigenvalue weighted by molar-refractivity contribution is -0.143. The number of benzene rings is 2. The Morgan fingerprint density at radius 1 is 1.17 bits per heavy atom. The molecule has 0 amide bonds. The third kappa shape index (κ3) is 5.22. The van der Waals surface area contributed by atoms with Crippen molar-refractivity contribution in [3.05, 3.63) is 65.8 Å². The maximum Gasteiger partial charge on any atom is 0.331 e. The van der Waals surface area contributed by atoms with Crippen molar-refractivity contribution >= 4 is 12.0 Å². The Labute approximate surface area is 173 Å². The van der Waals surface area contributed by atoms with Gasteiger partial charge in [-0.25, -0.2) is 9.18 Å². The summed E-state index contributed by atoms with van der Waals surface area (Å²) >= 11 is 0. The zero-order valence-electron chi connectivity index (χ0n) is 16.8. The van der Waals surface area contributed by atoms with Crippen LogP contribution in [0.15, 0.2) is 53.0 Å². The second-order valence-corrected chi connectivity index (χ2v) is 6.21. The molecule has 0 unspecified atom stereocenters. The van der Waals surface area contributed by atoms with Crippen molar-refractivity contribution in [3.63, 3.8) is 0 Å². The Morgan fingerprint density at radius 3 is 2.63 bits per heavy atom. The Bertz CT molecular complexity index is 1030. The third-order valence-corrected chi connectivity index (χ3v) is 4.07. The van der Waals surface area contributed by atoms with Crippen molar-refractivity contribution in [2.75, 3.05) is 13.7 Å². The molecule has 8 heteroatoms. The molecular formula is C22H21FN2O5. The Kier molecular flexibility index (Phi) is 6.79. The van der Waals surface area contributed by atoms with Crippen LogP contribution in [-0.4, -0.2) is 29.9 Å². The van der Waals surface area contributed by atoms with Crippen molar-refractivity contribution < 1.29 is 27.8 Å². The van der Waals surface area contributed by atoms with Crippen LogP contribution in [0.2, 0.25) is 0 Å². The van der Waals surface area contributed by atoms with E-state index in [1.54, 1.807) is 38.3 Å². The lowest BCUT2D eigenvalue weighted by Gasteiger charge is -2.09. The predicted octanol–water partition coefficient (Wildman–Crippen LogP) is 4.60. The van der Waals surface area contributed by atoms with Crippen molar-refractivity contribution in [2.45, 2.75) is 20.0 Å². The molecule has 1 heterocycles. The van der Waals surface area contributed by atoms with Crippen LogP contribution in [0.25, 0.3) is 17.5 Å². The van der Waals surface area contributed by atoms with Gasteiger partial charge in [0.05, 0.1) is 13.7 Å². The number of hydrogen-bond donors (Lipinski definition) is 0. The molecule has 2 aromatic carbocycles. The molecule has 0 spiro atoms. The van der Waals surface area contributed by atoms with E-state index in [1.165, 1.54) is 30.3 Å². The van der Waals surface area contributed by atoms with Crippen LogP contribution in [0.3, 0.4) is 0 Å². The molecule has 0 radical (unpaired) electrons. The maximum absolute atomic E-state index is 13.0. The molecule has 0 N–H and O–H groups in total. The number of methoxy groups -OCH3 is 1. The lowest BCUT2D eigenvalue weighted by Crippen LogP contribution is -2.06. The van der Waals surface area contributed by atoms with Gasteiger partial charge in [0.15, 0.2) is 17.6 Å². The van der Waals surface area contributed by atoms with E-state index in [0.717, 1.165) is 5.56 Å². The second-order valence-electron chi connectivity index (χ2n) is 6.21. The molecule has 0 bridgehead atoms. The van der Waals surface area contributed by atoms with E-state index in [1.807, 2.05) is 6.92 Å². The Balaban J connectivity index is 1.62. The van der Waals surface area contributed by atoms with Crippen molar-refractivity contribution in [2.24, 2.45) is 0 Å². The first kappa shape index (κ1) is 21.0. The minimum atomic E-state index is -0.751. The summed E-state index contributed by atoms with van der Waals surface area (Å²) in [5, 5.41) is 7.80. The number of esters is 1. The fourth-order valence-corrected chi connectivity index (χ4v) is 2.60. The largest absolute Gasteiger partial charge is 0.493 e. The van der Waals surface area contributed by atoms with E-state index >= 15 is 0 Å². The fraction of sp³-hybridized carbons (Fsp3) is 0.227. The molecule has 0 fully saturated rings. The molecule has 0 aliphatic rings. The molecule has 3 aromatic rings. The molecule has 3 rings (SSSR count). The molecule has 1 atom stereocenters. The highest BCUT2D eigenvalue weighted by Gasteiger charge is 2.18. The van der Waals surface area contributed by atoms with Crippen LogP contribution in [0, 0.1) is 5.82 Å². The predicted molar refractivity (Wildman–Crippen MR) is 107 cm³/mol. The van der Waals surface area contributed by atoms with Gasteiger partial charge in [-0.1, -0.05) is 6.07 Å². The molecule has 1 aromatic heterocycles. The van der Waals surface area contributed by atoms with Gasteiger partial charge in [0.1, 0.15) is 5.82 Å². The van der Waals surface area contributed by atoms with E-state index in [9.17, 15) is 9.18 Å². The molecule has 7 nitrogen and oxygen atoms in total. The first-order chi connectivity index (χ1) is 14.5. The van der Waals surface area contributed by atoms with Gasteiger partial charge < -0.3 is 18.6 Å². The summed E-state index contributed by atoms with van der Waals surface area (Å²) < 4.78 is 34.6. The molecule has 156 valence electrons. The van der Waals surface area contributed by atoms with E-state index in [4.69, 9.17) is 18.6 Å². The summed E-state index contributed by atoms with van der Waals surface area (Å²) in [7, 11) is 1.55. The maximum atomic E-state index is 13.0. The molecule has 0 aliphatic heterocycles. The van der Waals surface area contributed by atoms with Gasteiger partial charge in [-0.3, -0.25) is 0 Å². The van der Waals surface area contributed by atoms with Crippen LogP contribution in [-0.2, 0) is 9.53 Å². The van der Waals surface area contributed by atoms with E-state index in [2.05, 4.69) is 10.2 Å². The van der Waals surface area contributed by atoms with Gasteiger partial charge in [0.2, 0.25) is 5.89 Å². The quantitative estimate of drug-likeness (QED) is 0.395. The number of hydrogen-bond acceptors (Lipinski definition) is 7. The van der Waals surface area contributed by atoms with Gasteiger partial charge in [-0.2, -0.15) is 0 Å². The second kappa shape index (κ2) is 9.69. The average Bonchev–Trinajstić information content (AvgIpc) is 3.24. The van der Waals surface area contributed by atoms with E-state index < -0.39 is 12.1 Å². The molecular weight excluding hydrogens is 391 g/mol. The normalized spacial score (nSPS) is 12.0. The number of nitrogens with zero attached hydrogens (tertiary/aromatic N) is 2. The Morgan fingerprint density at radius 2 is 1.93 bits per heavy atom. The number of carbonyl (C=O) groups excluding carboxylic acids is 1. The molecule has 0 saturated heterocycles. The summed E-state index contributed by atoms with van der Waals surface area (Å²) in [4.78, 5) is 12.1. The van der Waals surface area contributed by atoms with E-state index in [-0.39, 0.29) is 17.6 Å². The zero-order valence-corrected chi connectivity index (χ0v) is 16.8. The summed E-state index contributed by atoms with van der Waals surface area (Å²) in [6.45, 7) is 4.03. The highest BCUT2D eigenvalue weighted by atomic mass is 19.1. The number of aromatic nitrogens is 2. The summed E-state index contributed by atoms with van der Waals surface area (Å²) in [5.74, 6) is 0.611. The van der Waals surface area contributed by atoms with Crippen LogP contribution >= 0.6 is 0 Å². The summed E-state index contributed by atoms with van der Waals surface area (Å²) in [6.07, 6.45) is 2.15. The Hall–Kier alpha value is -3.68. The minimum Gasteiger partial charge on any atom is -0.493 e. The van der Waals surface area contributed by atoms with Gasteiger partial charge in [-0.15, -0.1) is 10.2 Å². The van der Waals surface area contributed by atoms with Gasteiger partial charge >= 0.3 is 5.97 Å². The van der Waals surface area contributed by atoms with Crippen LogP contribution in [0.1, 0.15) is 31.4 Å². The van der Waals surface area contributed by atoms with Crippen LogP contribution in [0.5, 0.6) is 11.5 Å². The highest BCUT2D eigenvalue weighted by molar-refractivity contribution is 5.87. The minimum absolute atomic E-state index is 0.138. The smallest absolute Gasteiger partial charge is 0.331 e. The first-order valence-electron chi connectivity index (χ1n) is 9.29. The first-order valence-corrected chi connectivity index (χ1v) is 9.29. The number of rotatable bonds is 8. The topological polar surface area (TPSA) is 83.7 Å². The number of halogens is 1. The molecule has 0 aliphatic carbocycles. The van der Waals surface area contributed by atoms with E-state index in [0.29, 0.717) is 23.7 Å². The van der Waals surface area contributed by atoms with Gasteiger partial charge in [-0.05, 0) is 61.9 Å². The summed E-state index contributed by atoms with van der Waals surface area (Å²) in [6, 6.07) is 11.0. The van der Waals surface area contributed by atoms with Crippen LogP contribution < -0.4 is 9.47 Å². The highest BCUT2D eigenvalue weighted by Crippen LogP contribution is 2.28. The third-order valence-electron chi connectivity index (χ3n) is 4.07. The van der Waals surface area contributed by atoms with Gasteiger partial charge in [0, 0.05) is 11.6 Å².